The third-order valence-electron chi connectivity index (χ3n) is 6.20. The summed E-state index contributed by atoms with van der Waals surface area (Å²) in [5.74, 6) is 0.530. The highest BCUT2D eigenvalue weighted by molar-refractivity contribution is 7.09. The first-order chi connectivity index (χ1) is 13.7. The Kier molecular flexibility index (Phi) is 4.76. The van der Waals surface area contributed by atoms with Crippen LogP contribution in [0.15, 0.2) is 54.6 Å². The molecule has 0 amide bonds. The smallest absolute Gasteiger partial charge is 0.107 e. The number of rotatable bonds is 6. The summed E-state index contributed by atoms with van der Waals surface area (Å²) in [5, 5.41) is 13.4. The third kappa shape index (κ3) is 3.39. The molecule has 2 fully saturated rings. The molecule has 5 rings (SSSR count). The second kappa shape index (κ2) is 7.40. The second-order valence-electron chi connectivity index (χ2n) is 8.12. The van der Waals surface area contributed by atoms with Gasteiger partial charge in [0.05, 0.1) is 19.5 Å². The van der Waals surface area contributed by atoms with Crippen LogP contribution in [-0.2, 0) is 13.1 Å². The molecule has 2 saturated heterocycles. The maximum absolute atomic E-state index is 10.2. The van der Waals surface area contributed by atoms with Crippen LogP contribution in [0.3, 0.4) is 0 Å². The number of fused-ring (bicyclic) bond motifs is 1. The lowest BCUT2D eigenvalue weighted by molar-refractivity contribution is 0.110. The first kappa shape index (κ1) is 18.0. The average molecular weight is 396 g/mol. The standard InChI is InChI=1S/C21H25N5OS/c27-15-21-13-24(9-17-1-3-19(4-2-17)26-7-5-22-16-26)10-18(21)11-25(14-21)12-20-23-6-8-28-20/h1-8,16,18,27H,9-15H2. The van der Waals surface area contributed by atoms with Gasteiger partial charge in [-0.3, -0.25) is 9.80 Å². The number of likely N-dealkylation sites (tertiary alicyclic amines) is 2. The van der Waals surface area contributed by atoms with E-state index in [9.17, 15) is 5.11 Å². The van der Waals surface area contributed by atoms with Crippen LogP contribution in [0, 0.1) is 11.3 Å². The van der Waals surface area contributed by atoms with Gasteiger partial charge in [-0.25, -0.2) is 9.97 Å². The number of benzene rings is 1. The van der Waals surface area contributed by atoms with E-state index >= 15 is 0 Å². The van der Waals surface area contributed by atoms with Gasteiger partial charge in [0.2, 0.25) is 0 Å². The van der Waals surface area contributed by atoms with Crippen molar-refractivity contribution in [3.05, 3.63) is 65.1 Å². The van der Waals surface area contributed by atoms with Crippen LogP contribution >= 0.6 is 11.3 Å². The van der Waals surface area contributed by atoms with Crippen LogP contribution in [0.4, 0.5) is 0 Å². The first-order valence-corrected chi connectivity index (χ1v) is 10.6. The molecule has 4 heterocycles. The van der Waals surface area contributed by atoms with Gasteiger partial charge in [0.1, 0.15) is 5.01 Å². The number of thiazole rings is 1. The van der Waals surface area contributed by atoms with Gasteiger partial charge in [-0.1, -0.05) is 12.1 Å². The predicted molar refractivity (Wildman–Crippen MR) is 109 cm³/mol. The van der Waals surface area contributed by atoms with Gasteiger partial charge >= 0.3 is 0 Å². The van der Waals surface area contributed by atoms with E-state index in [-0.39, 0.29) is 12.0 Å². The lowest BCUT2D eigenvalue weighted by atomic mass is 9.82. The summed E-state index contributed by atoms with van der Waals surface area (Å²) in [6.45, 7) is 6.15. The molecule has 2 aromatic heterocycles. The minimum atomic E-state index is 0.00795. The maximum atomic E-state index is 10.2. The van der Waals surface area contributed by atoms with Crippen molar-refractivity contribution in [2.24, 2.45) is 11.3 Å². The molecule has 0 aliphatic carbocycles. The second-order valence-corrected chi connectivity index (χ2v) is 9.10. The Morgan fingerprint density at radius 1 is 1.07 bits per heavy atom. The van der Waals surface area contributed by atoms with E-state index in [1.165, 1.54) is 10.6 Å². The maximum Gasteiger partial charge on any atom is 0.107 e. The van der Waals surface area contributed by atoms with E-state index in [4.69, 9.17) is 0 Å². The van der Waals surface area contributed by atoms with E-state index < -0.39 is 0 Å². The van der Waals surface area contributed by atoms with Crippen molar-refractivity contribution in [3.8, 4) is 5.69 Å². The number of hydrogen-bond acceptors (Lipinski definition) is 6. The van der Waals surface area contributed by atoms with Crippen LogP contribution in [0.25, 0.3) is 5.69 Å². The molecule has 1 aromatic carbocycles. The summed E-state index contributed by atoms with van der Waals surface area (Å²) in [7, 11) is 0. The fraction of sp³-hybridized carbons (Fsp3) is 0.429. The van der Waals surface area contributed by atoms with E-state index in [2.05, 4.69) is 44.0 Å². The normalized spacial score (nSPS) is 25.4. The highest BCUT2D eigenvalue weighted by Crippen LogP contribution is 2.43. The number of aliphatic hydroxyl groups excluding tert-OH is 1. The van der Waals surface area contributed by atoms with E-state index in [1.807, 2.05) is 28.7 Å². The predicted octanol–water partition coefficient (Wildman–Crippen LogP) is 2.26. The number of hydrogen-bond donors (Lipinski definition) is 1. The number of aromatic nitrogens is 3. The number of aliphatic hydroxyl groups is 1. The van der Waals surface area contributed by atoms with Crippen molar-refractivity contribution in [1.82, 2.24) is 24.3 Å². The molecule has 7 heteroatoms. The van der Waals surface area contributed by atoms with Crippen molar-refractivity contribution in [2.45, 2.75) is 13.1 Å². The summed E-state index contributed by atoms with van der Waals surface area (Å²) in [6, 6.07) is 8.69. The highest BCUT2D eigenvalue weighted by atomic mass is 32.1. The SMILES string of the molecule is OCC12CN(Cc3ccc(-n4ccnc4)cc3)CC1CN(Cc1nccs1)C2. The Morgan fingerprint density at radius 2 is 1.86 bits per heavy atom. The Labute approximate surface area is 169 Å². The Bertz CT molecular complexity index is 896. The first-order valence-electron chi connectivity index (χ1n) is 9.75. The van der Waals surface area contributed by atoms with Crippen LogP contribution < -0.4 is 0 Å². The average Bonchev–Trinajstić information content (AvgIpc) is 3.47. The molecule has 146 valence electrons. The van der Waals surface area contributed by atoms with Gasteiger partial charge in [0.15, 0.2) is 0 Å². The van der Waals surface area contributed by atoms with Crippen molar-refractivity contribution in [3.63, 3.8) is 0 Å². The lowest BCUT2D eigenvalue weighted by Crippen LogP contribution is -2.36. The molecular formula is C21H25N5OS. The fourth-order valence-corrected chi connectivity index (χ4v) is 5.49. The summed E-state index contributed by atoms with van der Waals surface area (Å²) >= 11 is 1.72. The highest BCUT2D eigenvalue weighted by Gasteiger charge is 2.51. The van der Waals surface area contributed by atoms with Gasteiger partial charge < -0.3 is 9.67 Å². The molecule has 6 nitrogen and oxygen atoms in total. The summed E-state index contributed by atoms with van der Waals surface area (Å²) < 4.78 is 2.02. The number of nitrogens with zero attached hydrogens (tertiary/aromatic N) is 5. The van der Waals surface area contributed by atoms with Crippen LogP contribution in [-0.4, -0.2) is 62.2 Å². The van der Waals surface area contributed by atoms with Gasteiger partial charge in [0, 0.05) is 67.8 Å². The van der Waals surface area contributed by atoms with Crippen molar-refractivity contribution in [1.29, 1.82) is 0 Å². The molecule has 0 spiro atoms. The topological polar surface area (TPSA) is 57.4 Å². The molecule has 0 radical (unpaired) electrons. The molecule has 28 heavy (non-hydrogen) atoms. The third-order valence-corrected chi connectivity index (χ3v) is 6.97. The largest absolute Gasteiger partial charge is 0.396 e. The summed E-state index contributed by atoms with van der Waals surface area (Å²) in [5.41, 5.74) is 2.45. The Balaban J connectivity index is 1.22. The van der Waals surface area contributed by atoms with Crippen molar-refractivity contribution in [2.75, 3.05) is 32.8 Å². The van der Waals surface area contributed by atoms with Gasteiger partial charge in [-0.05, 0) is 23.6 Å². The van der Waals surface area contributed by atoms with Gasteiger partial charge in [-0.15, -0.1) is 11.3 Å². The van der Waals surface area contributed by atoms with Gasteiger partial charge in [-0.2, -0.15) is 0 Å². The van der Waals surface area contributed by atoms with Crippen molar-refractivity contribution >= 4 is 11.3 Å². The Morgan fingerprint density at radius 3 is 2.46 bits per heavy atom. The molecule has 2 aliphatic heterocycles. The van der Waals surface area contributed by atoms with E-state index in [1.54, 1.807) is 17.5 Å². The zero-order chi connectivity index (χ0) is 19.0. The van der Waals surface area contributed by atoms with Crippen LogP contribution in [0.5, 0.6) is 0 Å². The quantitative estimate of drug-likeness (QED) is 0.694. The molecule has 2 aliphatic rings. The monoisotopic (exact) mass is 395 g/mol. The lowest BCUT2D eigenvalue weighted by Gasteiger charge is -2.27. The number of imidazole rings is 1. The summed E-state index contributed by atoms with van der Waals surface area (Å²) in [6.07, 6.45) is 7.44. The van der Waals surface area contributed by atoms with Crippen molar-refractivity contribution < 1.29 is 5.11 Å². The zero-order valence-electron chi connectivity index (χ0n) is 15.8. The molecule has 2 unspecified atom stereocenters. The molecular weight excluding hydrogens is 370 g/mol. The minimum absolute atomic E-state index is 0.00795. The molecule has 0 bridgehead atoms. The molecule has 1 N–H and O–H groups in total. The fourth-order valence-electron chi connectivity index (χ4n) is 4.83. The van der Waals surface area contributed by atoms with E-state index in [0.29, 0.717) is 5.92 Å². The Hall–Kier alpha value is -2.06. The van der Waals surface area contributed by atoms with Crippen LogP contribution in [0.1, 0.15) is 10.6 Å². The molecule has 0 saturated carbocycles. The molecule has 2 atom stereocenters. The van der Waals surface area contributed by atoms with E-state index in [0.717, 1.165) is 45.0 Å². The van der Waals surface area contributed by atoms with Gasteiger partial charge in [0.25, 0.3) is 0 Å². The minimum Gasteiger partial charge on any atom is -0.396 e. The zero-order valence-corrected chi connectivity index (χ0v) is 16.6. The van der Waals surface area contributed by atoms with Crippen LogP contribution in [0.2, 0.25) is 0 Å². The summed E-state index contributed by atoms with van der Waals surface area (Å²) in [4.78, 5) is 13.5. The molecule has 3 aromatic rings.